The van der Waals surface area contributed by atoms with Crippen LogP contribution in [0.25, 0.3) is 22.5 Å². The molecule has 184 valence electrons. The fourth-order valence-corrected chi connectivity index (χ4v) is 4.08. The first-order valence-corrected chi connectivity index (χ1v) is 11.7. The molecule has 1 amide bonds. The molecule has 1 heterocycles. The van der Waals surface area contributed by atoms with E-state index in [0.29, 0.717) is 27.7 Å². The van der Waals surface area contributed by atoms with Crippen LogP contribution in [0.2, 0.25) is 5.02 Å². The maximum atomic E-state index is 12.6. The topological polar surface area (TPSA) is 102 Å². The van der Waals surface area contributed by atoms with Crippen molar-refractivity contribution in [3.05, 3.63) is 94.6 Å². The zero-order chi connectivity index (χ0) is 25.8. The van der Waals surface area contributed by atoms with Crippen molar-refractivity contribution in [2.24, 2.45) is 0 Å². The maximum Gasteiger partial charge on any atom is 0.412 e. The van der Waals surface area contributed by atoms with E-state index >= 15 is 0 Å². The van der Waals surface area contributed by atoms with E-state index in [2.05, 4.69) is 10.5 Å². The summed E-state index contributed by atoms with van der Waals surface area (Å²) in [5.74, 6) is -1.02. The quantitative estimate of drug-likeness (QED) is 0.270. The average Bonchev–Trinajstić information content (AvgIpc) is 3.23. The van der Waals surface area contributed by atoms with Gasteiger partial charge in [0.1, 0.15) is 17.5 Å². The van der Waals surface area contributed by atoms with Gasteiger partial charge in [-0.3, -0.25) is 10.1 Å². The van der Waals surface area contributed by atoms with Gasteiger partial charge in [-0.2, -0.15) is 0 Å². The van der Waals surface area contributed by atoms with Crippen LogP contribution in [0.5, 0.6) is 0 Å². The van der Waals surface area contributed by atoms with Crippen LogP contribution >= 0.6 is 11.6 Å². The van der Waals surface area contributed by atoms with Crippen molar-refractivity contribution >= 4 is 29.4 Å². The van der Waals surface area contributed by atoms with E-state index in [0.717, 1.165) is 22.3 Å². The van der Waals surface area contributed by atoms with Gasteiger partial charge in [0.05, 0.1) is 5.92 Å². The highest BCUT2D eigenvalue weighted by Gasteiger charge is 2.21. The summed E-state index contributed by atoms with van der Waals surface area (Å²) in [6.45, 7) is 5.13. The van der Waals surface area contributed by atoms with Gasteiger partial charge in [0.2, 0.25) is 0 Å². The lowest BCUT2D eigenvalue weighted by molar-refractivity contribution is -0.138. The van der Waals surface area contributed by atoms with E-state index in [1.54, 1.807) is 32.9 Å². The molecule has 0 aliphatic heterocycles. The molecule has 0 aliphatic rings. The van der Waals surface area contributed by atoms with Crippen molar-refractivity contribution in [3.63, 3.8) is 0 Å². The minimum absolute atomic E-state index is 0.409. The fourth-order valence-electron chi connectivity index (χ4n) is 3.80. The number of carboxylic acid groups (broad SMARTS) is 1. The zero-order valence-corrected chi connectivity index (χ0v) is 20.7. The zero-order valence-electron chi connectivity index (χ0n) is 20.0. The van der Waals surface area contributed by atoms with E-state index in [4.69, 9.17) is 20.9 Å². The number of hydrogen-bond donors (Lipinski definition) is 2. The predicted molar refractivity (Wildman–Crippen MR) is 138 cm³/mol. The molecule has 2 atom stereocenters. The molecular formula is C28H25ClN2O5. The van der Waals surface area contributed by atoms with Crippen LogP contribution in [0.3, 0.4) is 0 Å². The van der Waals surface area contributed by atoms with Gasteiger partial charge in [-0.25, -0.2) is 4.79 Å². The average molecular weight is 505 g/mol. The molecule has 0 bridgehead atoms. The van der Waals surface area contributed by atoms with Gasteiger partial charge < -0.3 is 14.4 Å². The van der Waals surface area contributed by atoms with Crippen molar-refractivity contribution in [2.45, 2.75) is 32.8 Å². The van der Waals surface area contributed by atoms with Crippen molar-refractivity contribution in [1.29, 1.82) is 0 Å². The third kappa shape index (κ3) is 5.42. The molecule has 0 spiro atoms. The molecule has 7 nitrogen and oxygen atoms in total. The number of amides is 1. The summed E-state index contributed by atoms with van der Waals surface area (Å²) in [6, 6.07) is 22.2. The highest BCUT2D eigenvalue weighted by atomic mass is 35.5. The van der Waals surface area contributed by atoms with Gasteiger partial charge in [0, 0.05) is 16.1 Å². The number of hydrogen-bond acceptors (Lipinski definition) is 5. The molecule has 0 radical (unpaired) electrons. The van der Waals surface area contributed by atoms with Crippen LogP contribution in [0.15, 0.2) is 77.3 Å². The predicted octanol–water partition coefficient (Wildman–Crippen LogP) is 7.47. The summed E-state index contributed by atoms with van der Waals surface area (Å²) in [5, 5.41) is 16.5. The van der Waals surface area contributed by atoms with Gasteiger partial charge in [-0.1, -0.05) is 83.5 Å². The normalized spacial score (nSPS) is 12.6. The smallest absolute Gasteiger partial charge is 0.412 e. The molecule has 1 aromatic heterocycles. The van der Waals surface area contributed by atoms with E-state index in [1.807, 2.05) is 60.7 Å². The second-order valence-corrected chi connectivity index (χ2v) is 8.83. The summed E-state index contributed by atoms with van der Waals surface area (Å²) in [5.41, 5.74) is 5.01. The number of aliphatic carboxylic acids is 1. The van der Waals surface area contributed by atoms with Crippen molar-refractivity contribution in [1.82, 2.24) is 5.16 Å². The number of carbonyl (C=O) groups excluding carboxylic acids is 1. The SMILES string of the molecule is Cc1noc(-c2ccc(-c3ccc(C(C)C(=O)O)cc3)cc2)c1NC(=O)O[C@H](C)c1ccccc1Cl. The third-order valence-corrected chi connectivity index (χ3v) is 6.32. The second kappa shape index (κ2) is 10.7. The number of carbonyl (C=O) groups is 2. The first-order valence-electron chi connectivity index (χ1n) is 11.4. The van der Waals surface area contributed by atoms with Crippen LogP contribution in [0.1, 0.15) is 42.7 Å². The maximum absolute atomic E-state index is 12.6. The van der Waals surface area contributed by atoms with Crippen LogP contribution in [-0.2, 0) is 9.53 Å². The minimum Gasteiger partial charge on any atom is -0.481 e. The summed E-state index contributed by atoms with van der Waals surface area (Å²) >= 11 is 6.21. The summed E-state index contributed by atoms with van der Waals surface area (Å²) < 4.78 is 11.0. The highest BCUT2D eigenvalue weighted by molar-refractivity contribution is 6.31. The van der Waals surface area contributed by atoms with Gasteiger partial charge >= 0.3 is 12.1 Å². The van der Waals surface area contributed by atoms with Gasteiger partial charge in [0.25, 0.3) is 0 Å². The Labute approximate surface area is 213 Å². The number of nitrogens with zero attached hydrogens (tertiary/aromatic N) is 1. The number of nitrogens with one attached hydrogen (secondary N) is 1. The Balaban J connectivity index is 1.49. The monoisotopic (exact) mass is 504 g/mol. The molecule has 0 saturated carbocycles. The number of aryl methyl sites for hydroxylation is 1. The lowest BCUT2D eigenvalue weighted by Crippen LogP contribution is -2.17. The van der Waals surface area contributed by atoms with Crippen molar-refractivity contribution in [3.8, 4) is 22.5 Å². The van der Waals surface area contributed by atoms with E-state index in [9.17, 15) is 14.7 Å². The third-order valence-electron chi connectivity index (χ3n) is 5.98. The molecule has 0 saturated heterocycles. The Bertz CT molecular complexity index is 1380. The Hall–Kier alpha value is -4.10. The van der Waals surface area contributed by atoms with Gasteiger partial charge in [0.15, 0.2) is 5.76 Å². The molecule has 0 aliphatic carbocycles. The molecule has 4 aromatic rings. The fraction of sp³-hybridized carbons (Fsp3) is 0.179. The van der Waals surface area contributed by atoms with Crippen LogP contribution in [-0.4, -0.2) is 22.3 Å². The molecule has 2 N–H and O–H groups in total. The molecule has 1 unspecified atom stereocenters. The Morgan fingerprint density at radius 1 is 0.944 bits per heavy atom. The number of carboxylic acids is 1. The van der Waals surface area contributed by atoms with Crippen molar-refractivity contribution < 1.29 is 24.0 Å². The van der Waals surface area contributed by atoms with E-state index in [-0.39, 0.29) is 0 Å². The Morgan fingerprint density at radius 3 is 2.14 bits per heavy atom. The molecule has 3 aromatic carbocycles. The number of ether oxygens (including phenoxy) is 1. The van der Waals surface area contributed by atoms with Crippen LogP contribution < -0.4 is 5.32 Å². The standard InChI is InChI=1S/C28H25ClN2O5/c1-16(27(32)33)19-8-10-20(11-9-19)21-12-14-22(15-13-21)26-25(17(2)31-36-26)30-28(34)35-18(3)23-6-4-5-7-24(23)29/h4-16,18H,1-3H3,(H,30,34)(H,32,33)/t16?,18-/m1/s1. The molecule has 8 heteroatoms. The second-order valence-electron chi connectivity index (χ2n) is 8.43. The summed E-state index contributed by atoms with van der Waals surface area (Å²) in [6.07, 6.45) is -1.20. The van der Waals surface area contributed by atoms with Gasteiger partial charge in [-0.05, 0) is 43.5 Å². The van der Waals surface area contributed by atoms with Crippen LogP contribution in [0, 0.1) is 6.92 Å². The van der Waals surface area contributed by atoms with Crippen molar-refractivity contribution in [2.75, 3.05) is 5.32 Å². The highest BCUT2D eigenvalue weighted by Crippen LogP contribution is 2.33. The first kappa shape index (κ1) is 25.0. The first-order chi connectivity index (χ1) is 17.2. The van der Waals surface area contributed by atoms with E-state index < -0.39 is 24.1 Å². The summed E-state index contributed by atoms with van der Waals surface area (Å²) in [7, 11) is 0. The summed E-state index contributed by atoms with van der Waals surface area (Å²) in [4.78, 5) is 23.8. The number of anilines is 1. The Kier molecular flexibility index (Phi) is 7.41. The Morgan fingerprint density at radius 2 is 1.53 bits per heavy atom. The number of aromatic nitrogens is 1. The van der Waals surface area contributed by atoms with Gasteiger partial charge in [-0.15, -0.1) is 0 Å². The number of rotatable bonds is 7. The van der Waals surface area contributed by atoms with Crippen LogP contribution in [0.4, 0.5) is 10.5 Å². The minimum atomic E-state index is -0.860. The molecule has 0 fully saturated rings. The lowest BCUT2D eigenvalue weighted by atomic mass is 9.97. The largest absolute Gasteiger partial charge is 0.481 e. The molecular weight excluding hydrogens is 480 g/mol. The molecule has 36 heavy (non-hydrogen) atoms. The molecule has 4 rings (SSSR count). The van der Waals surface area contributed by atoms with E-state index in [1.165, 1.54) is 0 Å². The number of benzene rings is 3. The lowest BCUT2D eigenvalue weighted by Gasteiger charge is -2.15. The number of halogens is 1.